The van der Waals surface area contributed by atoms with E-state index in [4.69, 9.17) is 4.74 Å². The summed E-state index contributed by atoms with van der Waals surface area (Å²) in [6, 6.07) is 15.6. The molecule has 0 radical (unpaired) electrons. The lowest BCUT2D eigenvalue weighted by Gasteiger charge is -2.26. The topological polar surface area (TPSA) is 105 Å². The summed E-state index contributed by atoms with van der Waals surface area (Å²) >= 11 is 0. The summed E-state index contributed by atoms with van der Waals surface area (Å²) in [4.78, 5) is 15.0. The van der Waals surface area contributed by atoms with Crippen LogP contribution in [0.1, 0.15) is 47.3 Å². The van der Waals surface area contributed by atoms with Gasteiger partial charge in [0.2, 0.25) is 0 Å². The van der Waals surface area contributed by atoms with Crippen LogP contribution in [0.15, 0.2) is 77.7 Å². The first-order valence-corrected chi connectivity index (χ1v) is 15.8. The van der Waals surface area contributed by atoms with E-state index in [1.165, 1.54) is 43.3 Å². The van der Waals surface area contributed by atoms with E-state index >= 15 is 0 Å². The van der Waals surface area contributed by atoms with Gasteiger partial charge in [0, 0.05) is 23.7 Å². The molecule has 0 aliphatic carbocycles. The number of aliphatic hydroxyl groups excluding tert-OH is 1. The van der Waals surface area contributed by atoms with Crippen molar-refractivity contribution < 1.29 is 49.7 Å². The quantitative estimate of drug-likeness (QED) is 0.230. The summed E-state index contributed by atoms with van der Waals surface area (Å²) in [5.74, 6) is -0.307. The zero-order chi connectivity index (χ0) is 32.8. The summed E-state index contributed by atoms with van der Waals surface area (Å²) in [5.41, 5.74) is 0.650. The van der Waals surface area contributed by atoms with Gasteiger partial charge in [-0.2, -0.15) is 22.0 Å². The number of nitrogens with one attached hydrogen (secondary N) is 1. The molecule has 3 atom stereocenters. The third-order valence-electron chi connectivity index (χ3n) is 7.53. The highest BCUT2D eigenvalue weighted by atomic mass is 32.2. The lowest BCUT2D eigenvalue weighted by Crippen LogP contribution is -2.32. The average molecular weight is 657 g/mol. The molecule has 1 unspecified atom stereocenters. The number of carbonyl (C=O) groups excluding carboxylic acids is 1. The Bertz CT molecular complexity index is 1520. The smallest absolute Gasteiger partial charge is 0.416 e. The van der Waals surface area contributed by atoms with Crippen molar-refractivity contribution in [2.75, 3.05) is 30.4 Å². The van der Waals surface area contributed by atoms with Crippen molar-refractivity contribution in [1.82, 2.24) is 5.32 Å². The Hall–Kier alpha value is -3.75. The Morgan fingerprint density at radius 3 is 2.22 bits per heavy atom. The van der Waals surface area contributed by atoms with Crippen LogP contribution in [0, 0.1) is 0 Å². The lowest BCUT2D eigenvalue weighted by atomic mass is 10.1. The average Bonchev–Trinajstić information content (AvgIpc) is 3.41. The zero-order valence-corrected chi connectivity index (χ0v) is 25.0. The molecule has 1 heterocycles. The van der Waals surface area contributed by atoms with Gasteiger partial charge in [-0.3, -0.25) is 4.79 Å². The highest BCUT2D eigenvalue weighted by Gasteiger charge is 2.34. The molecule has 0 spiro atoms. The molecule has 8 nitrogen and oxygen atoms in total. The molecule has 1 amide bonds. The number of hydrogen-bond acceptors (Lipinski definition) is 7. The van der Waals surface area contributed by atoms with E-state index in [9.17, 15) is 40.3 Å². The van der Waals surface area contributed by atoms with E-state index in [2.05, 4.69) is 10.1 Å². The molecule has 1 fully saturated rings. The van der Waals surface area contributed by atoms with Gasteiger partial charge in [-0.1, -0.05) is 19.1 Å². The molecule has 244 valence electrons. The minimum atomic E-state index is -4.48. The minimum Gasteiger partial charge on any atom is -0.489 e. The van der Waals surface area contributed by atoms with E-state index in [0.717, 1.165) is 12.1 Å². The molecule has 3 aromatic carbocycles. The highest BCUT2D eigenvalue weighted by molar-refractivity contribution is 7.91. The monoisotopic (exact) mass is 656 g/mol. The number of rotatable bonds is 13. The lowest BCUT2D eigenvalue weighted by molar-refractivity contribution is -0.137. The molecule has 4 rings (SSSR count). The fourth-order valence-corrected chi connectivity index (χ4v) is 6.00. The molecule has 45 heavy (non-hydrogen) atoms. The van der Waals surface area contributed by atoms with Crippen molar-refractivity contribution in [2.24, 2.45) is 0 Å². The van der Waals surface area contributed by atoms with Gasteiger partial charge in [0.25, 0.3) is 5.91 Å². The van der Waals surface area contributed by atoms with Crippen molar-refractivity contribution in [3.63, 3.8) is 0 Å². The van der Waals surface area contributed by atoms with Crippen LogP contribution in [-0.4, -0.2) is 63.7 Å². The van der Waals surface area contributed by atoms with Gasteiger partial charge in [0.05, 0.1) is 42.0 Å². The minimum absolute atomic E-state index is 0.0585. The molecule has 14 heteroatoms. The summed E-state index contributed by atoms with van der Waals surface area (Å²) in [7, 11) is -3.40. The Kier molecular flexibility index (Phi) is 11.0. The van der Waals surface area contributed by atoms with Crippen molar-refractivity contribution in [3.8, 4) is 5.75 Å². The standard InChI is InChI=1S/C31H33F5N2O6S/c1-2-45(41,42)27-13-5-20(6-14-27)28(19-39)37-29(40)21-3-9-23(10-4-21)38-18-26(17-24(38)15-16-43-30(32)33)44-25-11-7-22(8-12-25)31(34,35)36/h3-14,24,26,28,30,39H,2,15-19H2,1H3,(H,37,40)/t24-,26-,28?/m1/s1. The number of aliphatic hydroxyl groups is 1. The Morgan fingerprint density at radius 2 is 1.67 bits per heavy atom. The van der Waals surface area contributed by atoms with Gasteiger partial charge in [-0.05, 0) is 72.6 Å². The molecule has 2 N–H and O–H groups in total. The second-order valence-electron chi connectivity index (χ2n) is 10.5. The number of carbonyl (C=O) groups is 1. The van der Waals surface area contributed by atoms with E-state index in [1.807, 2.05) is 4.90 Å². The van der Waals surface area contributed by atoms with Gasteiger partial charge in [-0.25, -0.2) is 8.42 Å². The second-order valence-corrected chi connectivity index (χ2v) is 12.7. The predicted octanol–water partition coefficient (Wildman–Crippen LogP) is 5.62. The Balaban J connectivity index is 1.44. The van der Waals surface area contributed by atoms with Crippen molar-refractivity contribution in [1.29, 1.82) is 0 Å². The SMILES string of the molecule is CCS(=O)(=O)c1ccc(C(CO)NC(=O)c2ccc(N3C[C@H](Oc4ccc(C(F)(F)F)cc4)C[C@H]3CCOC(F)F)cc2)cc1. The van der Waals surface area contributed by atoms with Crippen LogP contribution in [-0.2, 0) is 20.8 Å². The third-order valence-corrected chi connectivity index (χ3v) is 9.28. The molecule has 1 aliphatic heterocycles. The molecule has 3 aromatic rings. The number of halogens is 5. The normalized spacial score (nSPS) is 17.8. The van der Waals surface area contributed by atoms with Gasteiger partial charge >= 0.3 is 12.8 Å². The number of benzene rings is 3. The predicted molar refractivity (Wildman–Crippen MR) is 156 cm³/mol. The van der Waals surface area contributed by atoms with Crippen LogP contribution in [0.3, 0.4) is 0 Å². The number of alkyl halides is 5. The number of nitrogens with zero attached hydrogens (tertiary/aromatic N) is 1. The summed E-state index contributed by atoms with van der Waals surface area (Å²) in [5, 5.41) is 12.6. The van der Waals surface area contributed by atoms with Crippen LogP contribution in [0.4, 0.5) is 27.6 Å². The van der Waals surface area contributed by atoms with Gasteiger partial charge < -0.3 is 24.8 Å². The summed E-state index contributed by atoms with van der Waals surface area (Å²) in [6.07, 6.45) is -4.31. The number of amides is 1. The second kappa shape index (κ2) is 14.6. The molecule has 0 bridgehead atoms. The number of anilines is 1. The molecule has 1 saturated heterocycles. The maximum atomic E-state index is 13.0. The van der Waals surface area contributed by atoms with Crippen LogP contribution >= 0.6 is 0 Å². The molecule has 1 aliphatic rings. The number of hydrogen-bond donors (Lipinski definition) is 2. The molecular formula is C31H33F5N2O6S. The van der Waals surface area contributed by atoms with E-state index < -0.39 is 52.8 Å². The first kappa shape index (κ1) is 34.1. The van der Waals surface area contributed by atoms with Crippen molar-refractivity contribution in [2.45, 2.75) is 55.6 Å². The van der Waals surface area contributed by atoms with E-state index in [1.54, 1.807) is 24.3 Å². The number of sulfone groups is 1. The van der Waals surface area contributed by atoms with Crippen LogP contribution in [0.25, 0.3) is 0 Å². The maximum absolute atomic E-state index is 13.0. The van der Waals surface area contributed by atoms with Gasteiger partial charge in [0.15, 0.2) is 9.84 Å². The van der Waals surface area contributed by atoms with E-state index in [-0.39, 0.29) is 41.0 Å². The first-order chi connectivity index (χ1) is 21.3. The van der Waals surface area contributed by atoms with Crippen molar-refractivity contribution >= 4 is 21.4 Å². The van der Waals surface area contributed by atoms with Crippen molar-refractivity contribution in [3.05, 3.63) is 89.5 Å². The Morgan fingerprint density at radius 1 is 1.02 bits per heavy atom. The zero-order valence-electron chi connectivity index (χ0n) is 24.2. The van der Waals surface area contributed by atoms with Gasteiger partial charge in [0.1, 0.15) is 11.9 Å². The fourth-order valence-electron chi connectivity index (χ4n) is 5.11. The molecular weight excluding hydrogens is 623 g/mol. The number of ether oxygens (including phenoxy) is 2. The molecule has 0 aromatic heterocycles. The largest absolute Gasteiger partial charge is 0.489 e. The summed E-state index contributed by atoms with van der Waals surface area (Å²) < 4.78 is 98.5. The van der Waals surface area contributed by atoms with Crippen LogP contribution in [0.5, 0.6) is 5.75 Å². The first-order valence-electron chi connectivity index (χ1n) is 14.2. The van der Waals surface area contributed by atoms with Crippen LogP contribution < -0.4 is 15.0 Å². The summed E-state index contributed by atoms with van der Waals surface area (Å²) in [6.45, 7) is -1.74. The van der Waals surface area contributed by atoms with Gasteiger partial charge in [-0.15, -0.1) is 0 Å². The molecule has 0 saturated carbocycles. The highest BCUT2D eigenvalue weighted by Crippen LogP contribution is 2.33. The third kappa shape index (κ3) is 8.92. The fraction of sp³-hybridized carbons (Fsp3) is 0.387. The Labute approximate surface area is 257 Å². The van der Waals surface area contributed by atoms with Crippen LogP contribution in [0.2, 0.25) is 0 Å². The maximum Gasteiger partial charge on any atom is 0.416 e. The van der Waals surface area contributed by atoms with E-state index in [0.29, 0.717) is 24.2 Å².